The number of esters is 1. The zero-order valence-corrected chi connectivity index (χ0v) is 12.0. The summed E-state index contributed by atoms with van der Waals surface area (Å²) in [6.07, 6.45) is 0.835. The predicted molar refractivity (Wildman–Crippen MR) is 75.2 cm³/mol. The topological polar surface area (TPSA) is 81.5 Å². The highest BCUT2D eigenvalue weighted by atomic mass is 16.6. The van der Waals surface area contributed by atoms with Gasteiger partial charge in [-0.15, -0.1) is 0 Å². The Balaban J connectivity index is 2.74. The van der Waals surface area contributed by atoms with Crippen LogP contribution in [0.15, 0.2) is 24.3 Å². The summed E-state index contributed by atoms with van der Waals surface area (Å²) in [6.45, 7) is 4.34. The van der Waals surface area contributed by atoms with Crippen molar-refractivity contribution in [3.63, 3.8) is 0 Å². The fraction of sp³-hybridized carbons (Fsp3) is 0.500. The van der Waals surface area contributed by atoms with Crippen molar-refractivity contribution < 1.29 is 14.5 Å². The third-order valence-corrected chi connectivity index (χ3v) is 3.32. The lowest BCUT2D eigenvalue weighted by Gasteiger charge is -2.21. The molecule has 2 atom stereocenters. The van der Waals surface area contributed by atoms with Crippen molar-refractivity contribution in [2.24, 2.45) is 5.92 Å². The van der Waals surface area contributed by atoms with Crippen molar-refractivity contribution in [2.45, 2.75) is 32.9 Å². The molecule has 0 aliphatic rings. The number of carbonyl (C=O) groups excluding carboxylic acids is 1. The molecule has 0 aromatic heterocycles. The maximum atomic E-state index is 11.7. The lowest BCUT2D eigenvalue weighted by Crippen LogP contribution is -2.42. The first-order chi connectivity index (χ1) is 9.49. The molecule has 6 heteroatoms. The number of hydrogen-bond acceptors (Lipinski definition) is 5. The second kappa shape index (κ2) is 7.59. The molecule has 1 N–H and O–H groups in total. The minimum atomic E-state index is -0.435. The summed E-state index contributed by atoms with van der Waals surface area (Å²) in [7, 11) is 1.35. The van der Waals surface area contributed by atoms with Gasteiger partial charge >= 0.3 is 5.97 Å². The highest BCUT2D eigenvalue weighted by Crippen LogP contribution is 2.14. The third-order valence-electron chi connectivity index (χ3n) is 3.32. The van der Waals surface area contributed by atoms with Gasteiger partial charge in [0.2, 0.25) is 0 Å². The summed E-state index contributed by atoms with van der Waals surface area (Å²) in [6, 6.07) is 5.94. The molecule has 0 bridgehead atoms. The van der Waals surface area contributed by atoms with Crippen LogP contribution < -0.4 is 5.32 Å². The van der Waals surface area contributed by atoms with Gasteiger partial charge in [0, 0.05) is 18.7 Å². The number of benzene rings is 1. The van der Waals surface area contributed by atoms with E-state index in [4.69, 9.17) is 4.74 Å². The van der Waals surface area contributed by atoms with Crippen LogP contribution >= 0.6 is 0 Å². The van der Waals surface area contributed by atoms with E-state index in [-0.39, 0.29) is 17.6 Å². The van der Waals surface area contributed by atoms with E-state index in [1.54, 1.807) is 12.1 Å². The summed E-state index contributed by atoms with van der Waals surface area (Å²) in [4.78, 5) is 22.0. The van der Waals surface area contributed by atoms with Gasteiger partial charge in [-0.2, -0.15) is 0 Å². The molecule has 110 valence electrons. The van der Waals surface area contributed by atoms with Crippen LogP contribution in [0, 0.1) is 16.0 Å². The Hall–Kier alpha value is -1.95. The standard InChI is InChI=1S/C14H20N2O4/c1-4-10(2)13(14(17)20-3)15-9-11-6-5-7-12(8-11)16(18)19/h5-8,10,13,15H,4,9H2,1-3H3. The number of nitro groups is 1. The van der Waals surface area contributed by atoms with Crippen LogP contribution in [0.4, 0.5) is 5.69 Å². The summed E-state index contributed by atoms with van der Waals surface area (Å²) in [5, 5.41) is 13.8. The lowest BCUT2D eigenvalue weighted by molar-refractivity contribution is -0.384. The molecule has 1 rings (SSSR count). The van der Waals surface area contributed by atoms with E-state index in [2.05, 4.69) is 5.32 Å². The fourth-order valence-electron chi connectivity index (χ4n) is 1.89. The van der Waals surface area contributed by atoms with Gasteiger partial charge in [-0.25, -0.2) is 0 Å². The first-order valence-electron chi connectivity index (χ1n) is 6.54. The molecular weight excluding hydrogens is 260 g/mol. The van der Waals surface area contributed by atoms with Gasteiger partial charge in [-0.1, -0.05) is 32.4 Å². The largest absolute Gasteiger partial charge is 0.468 e. The number of non-ortho nitro benzene ring substituents is 1. The summed E-state index contributed by atoms with van der Waals surface area (Å²) in [5.74, 6) is -0.189. The monoisotopic (exact) mass is 280 g/mol. The minimum Gasteiger partial charge on any atom is -0.468 e. The Morgan fingerprint density at radius 1 is 1.50 bits per heavy atom. The molecule has 0 heterocycles. The van der Waals surface area contributed by atoms with Gasteiger partial charge in [-0.3, -0.25) is 14.9 Å². The molecule has 0 amide bonds. The third kappa shape index (κ3) is 4.31. The van der Waals surface area contributed by atoms with Gasteiger partial charge in [0.15, 0.2) is 0 Å². The number of nitrogens with zero attached hydrogens (tertiary/aromatic N) is 1. The molecule has 0 aliphatic carbocycles. The first kappa shape index (κ1) is 16.1. The van der Waals surface area contributed by atoms with Crippen molar-refractivity contribution in [3.05, 3.63) is 39.9 Å². The SMILES string of the molecule is CCC(C)C(NCc1cccc([N+](=O)[O-])c1)C(=O)OC. The Morgan fingerprint density at radius 3 is 2.75 bits per heavy atom. The van der Waals surface area contributed by atoms with Gasteiger partial charge in [0.1, 0.15) is 6.04 Å². The maximum absolute atomic E-state index is 11.7. The maximum Gasteiger partial charge on any atom is 0.323 e. The Kier molecular flexibility index (Phi) is 6.11. The van der Waals surface area contributed by atoms with Crippen LogP contribution in [-0.2, 0) is 16.1 Å². The molecule has 2 unspecified atom stereocenters. The molecule has 0 saturated carbocycles. The van der Waals surface area contributed by atoms with E-state index in [9.17, 15) is 14.9 Å². The molecule has 20 heavy (non-hydrogen) atoms. The highest BCUT2D eigenvalue weighted by molar-refractivity contribution is 5.75. The van der Waals surface area contributed by atoms with Crippen LogP contribution in [0.3, 0.4) is 0 Å². The minimum absolute atomic E-state index is 0.0439. The number of rotatable bonds is 7. The molecule has 1 aromatic carbocycles. The Labute approximate surface area is 118 Å². The number of nitrogens with one attached hydrogen (secondary N) is 1. The summed E-state index contributed by atoms with van der Waals surface area (Å²) >= 11 is 0. The highest BCUT2D eigenvalue weighted by Gasteiger charge is 2.24. The molecule has 0 saturated heterocycles. The van der Waals surface area contributed by atoms with E-state index < -0.39 is 11.0 Å². The number of ether oxygens (including phenoxy) is 1. The van der Waals surface area contributed by atoms with Crippen LogP contribution in [-0.4, -0.2) is 24.0 Å². The molecule has 0 spiro atoms. The fourth-order valence-corrected chi connectivity index (χ4v) is 1.89. The van der Waals surface area contributed by atoms with Crippen molar-refractivity contribution in [1.82, 2.24) is 5.32 Å². The Morgan fingerprint density at radius 2 is 2.20 bits per heavy atom. The normalized spacial score (nSPS) is 13.6. The van der Waals surface area contributed by atoms with Crippen molar-refractivity contribution in [3.8, 4) is 0 Å². The van der Waals surface area contributed by atoms with Crippen molar-refractivity contribution >= 4 is 11.7 Å². The Bertz CT molecular complexity index is 476. The lowest BCUT2D eigenvalue weighted by atomic mass is 9.99. The smallest absolute Gasteiger partial charge is 0.323 e. The molecule has 0 fully saturated rings. The van der Waals surface area contributed by atoms with Gasteiger partial charge in [-0.05, 0) is 11.5 Å². The van der Waals surface area contributed by atoms with Gasteiger partial charge in [0.25, 0.3) is 5.69 Å². The van der Waals surface area contributed by atoms with E-state index in [1.165, 1.54) is 19.2 Å². The van der Waals surface area contributed by atoms with Gasteiger partial charge in [0.05, 0.1) is 12.0 Å². The van der Waals surface area contributed by atoms with Crippen molar-refractivity contribution in [2.75, 3.05) is 7.11 Å². The molecular formula is C14H20N2O4. The van der Waals surface area contributed by atoms with E-state index in [1.807, 2.05) is 13.8 Å². The molecule has 0 radical (unpaired) electrons. The van der Waals surface area contributed by atoms with E-state index >= 15 is 0 Å². The quantitative estimate of drug-likeness (QED) is 0.470. The van der Waals surface area contributed by atoms with Crippen LogP contribution in [0.2, 0.25) is 0 Å². The van der Waals surface area contributed by atoms with E-state index in [0.29, 0.717) is 6.54 Å². The average molecular weight is 280 g/mol. The van der Waals surface area contributed by atoms with Crippen LogP contribution in [0.5, 0.6) is 0 Å². The zero-order valence-electron chi connectivity index (χ0n) is 12.0. The van der Waals surface area contributed by atoms with Gasteiger partial charge < -0.3 is 10.1 Å². The first-order valence-corrected chi connectivity index (χ1v) is 6.54. The second-order valence-electron chi connectivity index (χ2n) is 4.69. The number of methoxy groups -OCH3 is 1. The van der Waals surface area contributed by atoms with E-state index in [0.717, 1.165) is 12.0 Å². The van der Waals surface area contributed by atoms with Crippen LogP contribution in [0.1, 0.15) is 25.8 Å². The van der Waals surface area contributed by atoms with Crippen LogP contribution in [0.25, 0.3) is 0 Å². The molecule has 1 aromatic rings. The number of nitro benzene ring substituents is 1. The number of hydrogen-bond donors (Lipinski definition) is 1. The number of carbonyl (C=O) groups is 1. The second-order valence-corrected chi connectivity index (χ2v) is 4.69. The van der Waals surface area contributed by atoms with Crippen molar-refractivity contribution in [1.29, 1.82) is 0 Å². The molecule has 6 nitrogen and oxygen atoms in total. The predicted octanol–water partition coefficient (Wildman–Crippen LogP) is 2.27. The summed E-state index contributed by atoms with van der Waals surface area (Å²) in [5.41, 5.74) is 0.805. The zero-order chi connectivity index (χ0) is 15.1. The molecule has 0 aliphatic heterocycles. The summed E-state index contributed by atoms with van der Waals surface area (Å²) < 4.78 is 4.78. The average Bonchev–Trinajstić information content (AvgIpc) is 2.46.